The Labute approximate surface area is 161 Å². The Morgan fingerprint density at radius 2 is 1.89 bits per heavy atom. The fourth-order valence-electron chi connectivity index (χ4n) is 2.59. The molecule has 1 aromatic heterocycles. The number of nitrogens with zero attached hydrogens (tertiary/aromatic N) is 1. The van der Waals surface area contributed by atoms with Crippen molar-refractivity contribution in [1.29, 1.82) is 0 Å². The van der Waals surface area contributed by atoms with Gasteiger partial charge < -0.3 is 10.1 Å². The molecule has 3 rings (SSSR count). The first-order chi connectivity index (χ1) is 13.1. The van der Waals surface area contributed by atoms with Gasteiger partial charge in [0.05, 0.1) is 22.3 Å². The molecule has 0 atom stereocenters. The highest BCUT2D eigenvalue weighted by Gasteiger charge is 2.06. The van der Waals surface area contributed by atoms with Crippen LogP contribution in [0.15, 0.2) is 48.5 Å². The van der Waals surface area contributed by atoms with Crippen molar-refractivity contribution >= 4 is 39.2 Å². The molecule has 27 heavy (non-hydrogen) atoms. The van der Waals surface area contributed by atoms with Crippen LogP contribution in [0, 0.1) is 0 Å². The number of carbonyl (C=O) groups is 2. The number of hydrogen-bond acceptors (Lipinski definition) is 5. The minimum Gasteiger partial charge on any atom is -0.453 e. The van der Waals surface area contributed by atoms with E-state index in [9.17, 15) is 9.59 Å². The topological polar surface area (TPSA) is 80.3 Å². The predicted molar refractivity (Wildman–Crippen MR) is 107 cm³/mol. The summed E-state index contributed by atoms with van der Waals surface area (Å²) in [5.41, 5.74) is 2.63. The molecule has 0 fully saturated rings. The number of ether oxygens (including phenoxy) is 1. The predicted octanol–water partition coefficient (Wildman–Crippen LogP) is 4.11. The molecule has 2 N–H and O–H groups in total. The second-order valence-electron chi connectivity index (χ2n) is 6.02. The highest BCUT2D eigenvalue weighted by atomic mass is 32.1. The number of aromatic nitrogens is 1. The number of rotatable bonds is 7. The van der Waals surface area contributed by atoms with E-state index in [0.29, 0.717) is 18.7 Å². The molecule has 2 amide bonds. The van der Waals surface area contributed by atoms with Crippen LogP contribution in [0.5, 0.6) is 0 Å². The summed E-state index contributed by atoms with van der Waals surface area (Å²) in [7, 11) is 1.32. The maximum Gasteiger partial charge on any atom is 0.411 e. The van der Waals surface area contributed by atoms with Gasteiger partial charge in [-0.25, -0.2) is 9.78 Å². The van der Waals surface area contributed by atoms with Crippen molar-refractivity contribution in [3.05, 3.63) is 59.1 Å². The van der Waals surface area contributed by atoms with Crippen LogP contribution in [-0.2, 0) is 22.5 Å². The molecule has 2 aromatic carbocycles. The summed E-state index contributed by atoms with van der Waals surface area (Å²) in [6, 6.07) is 15.3. The van der Waals surface area contributed by atoms with Crippen LogP contribution in [0.1, 0.15) is 23.4 Å². The summed E-state index contributed by atoms with van der Waals surface area (Å²) in [5, 5.41) is 6.57. The number of aryl methyl sites for hydroxylation is 1. The van der Waals surface area contributed by atoms with Gasteiger partial charge in [0.1, 0.15) is 0 Å². The van der Waals surface area contributed by atoms with Crippen LogP contribution < -0.4 is 10.6 Å². The SMILES string of the molecule is COC(=O)Nc1ccc(CNC(=O)CCCc2nc3ccccc3s2)cc1. The normalized spacial score (nSPS) is 10.6. The van der Waals surface area contributed by atoms with Gasteiger partial charge in [0.15, 0.2) is 0 Å². The Hall–Kier alpha value is -2.93. The van der Waals surface area contributed by atoms with Crippen molar-refractivity contribution in [3.63, 3.8) is 0 Å². The average Bonchev–Trinajstić information content (AvgIpc) is 3.10. The molecule has 0 aliphatic heterocycles. The largest absolute Gasteiger partial charge is 0.453 e. The fraction of sp³-hybridized carbons (Fsp3) is 0.250. The third kappa shape index (κ3) is 5.52. The van der Waals surface area contributed by atoms with Gasteiger partial charge in [-0.2, -0.15) is 0 Å². The summed E-state index contributed by atoms with van der Waals surface area (Å²) in [6.07, 6.45) is 1.54. The maximum atomic E-state index is 12.0. The molecule has 0 saturated carbocycles. The van der Waals surface area contributed by atoms with Crippen molar-refractivity contribution < 1.29 is 14.3 Å². The second-order valence-corrected chi connectivity index (χ2v) is 7.13. The smallest absolute Gasteiger partial charge is 0.411 e. The molecule has 1 heterocycles. The number of benzene rings is 2. The first kappa shape index (κ1) is 18.8. The molecular formula is C20H21N3O3S. The first-order valence-electron chi connectivity index (χ1n) is 8.69. The molecular weight excluding hydrogens is 362 g/mol. The van der Waals surface area contributed by atoms with E-state index >= 15 is 0 Å². The number of fused-ring (bicyclic) bond motifs is 1. The van der Waals surface area contributed by atoms with Gasteiger partial charge in [0.25, 0.3) is 0 Å². The lowest BCUT2D eigenvalue weighted by Gasteiger charge is -2.07. The highest BCUT2D eigenvalue weighted by molar-refractivity contribution is 7.18. The Morgan fingerprint density at radius 3 is 2.63 bits per heavy atom. The number of para-hydroxylation sites is 1. The van der Waals surface area contributed by atoms with Crippen molar-refractivity contribution in [2.24, 2.45) is 0 Å². The molecule has 0 aliphatic carbocycles. The molecule has 0 saturated heterocycles. The Morgan fingerprint density at radius 1 is 1.11 bits per heavy atom. The van der Waals surface area contributed by atoms with E-state index in [0.717, 1.165) is 28.9 Å². The number of carbonyl (C=O) groups excluding carboxylic acids is 2. The zero-order valence-corrected chi connectivity index (χ0v) is 15.8. The molecule has 0 unspecified atom stereocenters. The zero-order valence-electron chi connectivity index (χ0n) is 15.0. The fourth-order valence-corrected chi connectivity index (χ4v) is 3.60. The van der Waals surface area contributed by atoms with E-state index in [1.165, 1.54) is 11.8 Å². The third-order valence-corrected chi connectivity index (χ3v) is 5.10. The van der Waals surface area contributed by atoms with Crippen LogP contribution in [0.3, 0.4) is 0 Å². The van der Waals surface area contributed by atoms with Crippen LogP contribution in [0.25, 0.3) is 10.2 Å². The highest BCUT2D eigenvalue weighted by Crippen LogP contribution is 2.22. The van der Waals surface area contributed by atoms with Gasteiger partial charge in [-0.05, 0) is 42.7 Å². The van der Waals surface area contributed by atoms with Crippen LogP contribution in [-0.4, -0.2) is 24.1 Å². The van der Waals surface area contributed by atoms with Crippen molar-refractivity contribution in [1.82, 2.24) is 10.3 Å². The molecule has 0 aliphatic rings. The van der Waals surface area contributed by atoms with Crippen LogP contribution in [0.4, 0.5) is 10.5 Å². The Bertz CT molecular complexity index is 889. The number of amides is 2. The lowest BCUT2D eigenvalue weighted by Crippen LogP contribution is -2.22. The summed E-state index contributed by atoms with van der Waals surface area (Å²) in [5.74, 6) is 0.0212. The standard InChI is InChI=1S/C20H21N3O3S/c1-26-20(25)22-15-11-9-14(10-12-15)13-21-18(24)7-4-8-19-23-16-5-2-3-6-17(16)27-19/h2-3,5-6,9-12H,4,7-8,13H2,1H3,(H,21,24)(H,22,25). The number of thiazole rings is 1. The summed E-state index contributed by atoms with van der Waals surface area (Å²) in [6.45, 7) is 0.457. The maximum absolute atomic E-state index is 12.0. The first-order valence-corrected chi connectivity index (χ1v) is 9.51. The van der Waals surface area contributed by atoms with E-state index < -0.39 is 6.09 Å². The zero-order chi connectivity index (χ0) is 19.1. The number of hydrogen-bond donors (Lipinski definition) is 2. The van der Waals surface area contributed by atoms with Crippen molar-refractivity contribution in [2.45, 2.75) is 25.8 Å². The number of methoxy groups -OCH3 is 1. The summed E-state index contributed by atoms with van der Waals surface area (Å²) < 4.78 is 5.72. The van der Waals surface area contributed by atoms with E-state index in [-0.39, 0.29) is 5.91 Å². The molecule has 0 bridgehead atoms. The molecule has 6 nitrogen and oxygen atoms in total. The van der Waals surface area contributed by atoms with Gasteiger partial charge in [-0.3, -0.25) is 10.1 Å². The van der Waals surface area contributed by atoms with Gasteiger partial charge in [-0.1, -0.05) is 24.3 Å². The monoisotopic (exact) mass is 383 g/mol. The summed E-state index contributed by atoms with van der Waals surface area (Å²) >= 11 is 1.68. The lowest BCUT2D eigenvalue weighted by atomic mass is 10.2. The Kier molecular flexibility index (Phi) is 6.38. The molecule has 3 aromatic rings. The van der Waals surface area contributed by atoms with Gasteiger partial charge in [0, 0.05) is 18.7 Å². The van der Waals surface area contributed by atoms with E-state index in [1.807, 2.05) is 30.3 Å². The molecule has 0 spiro atoms. The van der Waals surface area contributed by atoms with Crippen molar-refractivity contribution in [2.75, 3.05) is 12.4 Å². The second kappa shape index (κ2) is 9.14. The van der Waals surface area contributed by atoms with Gasteiger partial charge in [0.2, 0.25) is 5.91 Å². The molecule has 7 heteroatoms. The van der Waals surface area contributed by atoms with E-state index in [1.54, 1.807) is 23.5 Å². The van der Waals surface area contributed by atoms with Crippen LogP contribution >= 0.6 is 11.3 Å². The van der Waals surface area contributed by atoms with E-state index in [4.69, 9.17) is 0 Å². The third-order valence-electron chi connectivity index (χ3n) is 4.01. The Balaban J connectivity index is 1.39. The van der Waals surface area contributed by atoms with Crippen LogP contribution in [0.2, 0.25) is 0 Å². The van der Waals surface area contributed by atoms with E-state index in [2.05, 4.69) is 26.4 Å². The van der Waals surface area contributed by atoms with Gasteiger partial charge >= 0.3 is 6.09 Å². The number of nitrogens with one attached hydrogen (secondary N) is 2. The average molecular weight is 383 g/mol. The van der Waals surface area contributed by atoms with Crippen molar-refractivity contribution in [3.8, 4) is 0 Å². The lowest BCUT2D eigenvalue weighted by molar-refractivity contribution is -0.121. The minimum atomic E-state index is -0.510. The number of anilines is 1. The minimum absolute atomic E-state index is 0.0212. The summed E-state index contributed by atoms with van der Waals surface area (Å²) in [4.78, 5) is 27.8. The quantitative estimate of drug-likeness (QED) is 0.643. The molecule has 140 valence electrons. The van der Waals surface area contributed by atoms with Gasteiger partial charge in [-0.15, -0.1) is 11.3 Å². The molecule has 0 radical (unpaired) electrons.